The molecular formula is C69H62ClF5N6O2S2. The van der Waals surface area contributed by atoms with E-state index >= 15 is 0 Å². The monoisotopic (exact) mass is 1200 g/mol. The molecule has 2 amide bonds. The molecule has 2 spiro atoms. The molecule has 6 heterocycles. The summed E-state index contributed by atoms with van der Waals surface area (Å²) < 4.78 is 68.5. The number of carbonyl (C=O) groups excluding carboxylic acids is 2. The highest BCUT2D eigenvalue weighted by molar-refractivity contribution is 7.99. The Hall–Kier alpha value is -7.40. The summed E-state index contributed by atoms with van der Waals surface area (Å²) in [5.41, 5.74) is 8.28. The van der Waals surface area contributed by atoms with Gasteiger partial charge >= 0.3 is 0 Å². The molecule has 4 aliphatic heterocycles. The van der Waals surface area contributed by atoms with E-state index in [2.05, 4.69) is 38.0 Å². The lowest BCUT2D eigenvalue weighted by molar-refractivity contribution is 0.0970. The molecule has 0 radical (unpaired) electrons. The van der Waals surface area contributed by atoms with Gasteiger partial charge in [-0.3, -0.25) is 24.4 Å². The lowest BCUT2D eigenvalue weighted by Crippen LogP contribution is -2.46. The van der Waals surface area contributed by atoms with Crippen molar-refractivity contribution in [3.05, 3.63) is 249 Å². The molecule has 0 atom stereocenters. The molecule has 0 N–H and O–H groups in total. The number of carbonyl (C=O) groups is 2. The summed E-state index contributed by atoms with van der Waals surface area (Å²) in [4.78, 5) is 48.6. The third-order valence-electron chi connectivity index (χ3n) is 16.6. The molecule has 4 aliphatic rings. The number of fused-ring (bicyclic) bond motifs is 4. The third kappa shape index (κ3) is 13.7. The maximum absolute atomic E-state index is 14.3. The first-order chi connectivity index (χ1) is 41.0. The van der Waals surface area contributed by atoms with E-state index in [0.717, 1.165) is 112 Å². The van der Waals surface area contributed by atoms with E-state index in [9.17, 15) is 31.5 Å². The number of halogens is 6. The Kier molecular flexibility index (Phi) is 17.9. The number of anilines is 2. The Balaban J connectivity index is 0.000000177. The van der Waals surface area contributed by atoms with Gasteiger partial charge in [0.05, 0.1) is 0 Å². The number of benzene rings is 6. The minimum Gasteiger partial charge on any atom is -0.307 e. The van der Waals surface area contributed by atoms with E-state index in [4.69, 9.17) is 11.6 Å². The molecule has 2 fully saturated rings. The first-order valence-electron chi connectivity index (χ1n) is 28.3. The van der Waals surface area contributed by atoms with Crippen LogP contribution in [0.4, 0.5) is 33.3 Å². The summed E-state index contributed by atoms with van der Waals surface area (Å²) in [5, 5.41) is 0.283. The molecule has 6 aromatic carbocycles. The van der Waals surface area contributed by atoms with Crippen molar-refractivity contribution in [2.45, 2.75) is 76.9 Å². The average Bonchev–Trinajstić information content (AvgIpc) is 1.72. The van der Waals surface area contributed by atoms with Crippen molar-refractivity contribution in [1.82, 2.24) is 19.8 Å². The maximum atomic E-state index is 14.3. The van der Waals surface area contributed by atoms with Crippen LogP contribution in [-0.2, 0) is 10.8 Å². The van der Waals surface area contributed by atoms with Gasteiger partial charge < -0.3 is 9.80 Å². The van der Waals surface area contributed by atoms with Crippen LogP contribution in [0, 0.1) is 49.9 Å². The van der Waals surface area contributed by atoms with Gasteiger partial charge in [0.1, 0.15) is 34.2 Å². The molecule has 8 nitrogen and oxygen atoms in total. The summed E-state index contributed by atoms with van der Waals surface area (Å²) in [6, 6.07) is 41.4. The minimum absolute atomic E-state index is 0.0111. The van der Waals surface area contributed by atoms with Gasteiger partial charge in [-0.05, 0) is 217 Å². The largest absolute Gasteiger partial charge is 0.307 e. The van der Waals surface area contributed by atoms with Crippen molar-refractivity contribution in [3.8, 4) is 0 Å². The van der Waals surface area contributed by atoms with E-state index in [1.807, 2.05) is 85.2 Å². The number of hydrogen-bond acceptors (Lipinski definition) is 8. The lowest BCUT2D eigenvalue weighted by Gasteiger charge is -2.39. The van der Waals surface area contributed by atoms with Gasteiger partial charge in [-0.1, -0.05) is 71.6 Å². The van der Waals surface area contributed by atoms with Crippen molar-refractivity contribution < 1.29 is 31.5 Å². The Labute approximate surface area is 506 Å². The Morgan fingerprint density at radius 2 is 0.976 bits per heavy atom. The smallest absolute Gasteiger partial charge is 0.258 e. The number of nitrogens with zero attached hydrogens (tertiary/aromatic N) is 6. The third-order valence-corrected chi connectivity index (χ3v) is 18.7. The molecule has 2 saturated heterocycles. The molecule has 0 saturated carbocycles. The van der Waals surface area contributed by atoms with Gasteiger partial charge in [-0.2, -0.15) is 0 Å². The number of aryl methyl sites for hydroxylation is 3. The van der Waals surface area contributed by atoms with Crippen LogP contribution in [-0.4, -0.2) is 83.9 Å². The number of aromatic nitrogens is 2. The molecule has 0 aliphatic carbocycles. The van der Waals surface area contributed by atoms with E-state index in [1.54, 1.807) is 84.3 Å². The van der Waals surface area contributed by atoms with Crippen LogP contribution >= 0.6 is 35.1 Å². The molecule has 0 unspecified atom stereocenters. The SMILES string of the molecule is Cc1cc(C(=O)N2CC3(CCN(C/C=C/c4ccc(F)cc4F)CC3)c3cc(Sc4ccc(F)cc4)ccc32)cc(Cl)n1.Cc1ccc(/C=C/CN2CCC3(CC2)CN(C(=O)c2ccnc(C)c2)c2ccc(Sc4ccc(F)cc4)cc23)c(F)c1. The van der Waals surface area contributed by atoms with E-state index in [0.29, 0.717) is 47.6 Å². The van der Waals surface area contributed by atoms with Crippen LogP contribution in [0.3, 0.4) is 0 Å². The second-order valence-electron chi connectivity index (χ2n) is 22.4. The lowest BCUT2D eigenvalue weighted by atomic mass is 9.74. The zero-order chi connectivity index (χ0) is 59.4. The summed E-state index contributed by atoms with van der Waals surface area (Å²) in [5.74, 6) is -2.03. The number of rotatable bonds is 12. The molecular weight excluding hydrogens is 1140 g/mol. The number of amides is 2. The summed E-state index contributed by atoms with van der Waals surface area (Å²) >= 11 is 9.37. The average molecular weight is 1200 g/mol. The zero-order valence-electron chi connectivity index (χ0n) is 47.3. The van der Waals surface area contributed by atoms with Gasteiger partial charge in [0.2, 0.25) is 0 Å². The van der Waals surface area contributed by atoms with Crippen LogP contribution in [0.15, 0.2) is 184 Å². The second-order valence-corrected chi connectivity index (χ2v) is 25.1. The molecule has 2 aromatic heterocycles. The summed E-state index contributed by atoms with van der Waals surface area (Å²) in [6.07, 6.45) is 12.7. The molecule has 16 heteroatoms. The zero-order valence-corrected chi connectivity index (χ0v) is 49.7. The van der Waals surface area contributed by atoms with Crippen LogP contribution in [0.5, 0.6) is 0 Å². The highest BCUT2D eigenvalue weighted by atomic mass is 35.5. The normalized spacial score (nSPS) is 16.3. The summed E-state index contributed by atoms with van der Waals surface area (Å²) in [7, 11) is 0. The highest BCUT2D eigenvalue weighted by Gasteiger charge is 2.48. The topological polar surface area (TPSA) is 72.9 Å². The van der Waals surface area contributed by atoms with Crippen molar-refractivity contribution >= 4 is 70.5 Å². The first-order valence-corrected chi connectivity index (χ1v) is 30.4. The summed E-state index contributed by atoms with van der Waals surface area (Å²) in [6.45, 7) is 11.5. The van der Waals surface area contributed by atoms with Crippen molar-refractivity contribution in [3.63, 3.8) is 0 Å². The van der Waals surface area contributed by atoms with Gasteiger partial charge in [-0.25, -0.2) is 26.9 Å². The molecule has 434 valence electrons. The Morgan fingerprint density at radius 3 is 1.46 bits per heavy atom. The van der Waals surface area contributed by atoms with E-state index in [1.165, 1.54) is 42.0 Å². The minimum atomic E-state index is -0.596. The fraction of sp³-hybridized carbons (Fsp3) is 0.246. The molecule has 8 aromatic rings. The van der Waals surface area contributed by atoms with Gasteiger partial charge in [-0.15, -0.1) is 0 Å². The fourth-order valence-corrected chi connectivity index (χ4v) is 14.0. The van der Waals surface area contributed by atoms with Crippen molar-refractivity contribution in [2.24, 2.45) is 0 Å². The van der Waals surface area contributed by atoms with Crippen molar-refractivity contribution in [1.29, 1.82) is 0 Å². The van der Waals surface area contributed by atoms with Crippen LogP contribution in [0.2, 0.25) is 5.15 Å². The molecule has 12 rings (SSSR count). The molecule has 0 bridgehead atoms. The molecule has 85 heavy (non-hydrogen) atoms. The Morgan fingerprint density at radius 1 is 0.518 bits per heavy atom. The number of hydrogen-bond donors (Lipinski definition) is 0. The van der Waals surface area contributed by atoms with Crippen LogP contribution < -0.4 is 9.80 Å². The standard InChI is InChI=1S/C35H33F2N3OS.C34H29ClF3N3OS/c1-24-5-6-26(32(37)20-24)4-3-17-39-18-14-35(15-19-39)23-40(34(41)27-13-16-38-25(2)21-27)33-12-11-30(22-31(33)35)42-29-9-7-28(36)8-10-29;1-22-17-24(18-32(35)39-22)33(42)41-21-34(29-20-28(10-11-31(29)41)43-27-8-6-25(36)7-9-27)12-15-40(16-13-34)14-2-3-23-4-5-26(37)19-30(23)38/h3-13,16,20-22H,14-15,17-19,23H2,1-2H3;2-11,17-20H,12-16,21H2,1H3/b4-3+;3-2+. The number of piperidine rings is 2. The predicted molar refractivity (Wildman–Crippen MR) is 331 cm³/mol. The highest BCUT2D eigenvalue weighted by Crippen LogP contribution is 2.51. The number of pyridine rings is 2. The van der Waals surface area contributed by atoms with Crippen molar-refractivity contribution in [2.75, 3.05) is 62.2 Å². The van der Waals surface area contributed by atoms with Crippen LogP contribution in [0.25, 0.3) is 12.2 Å². The second kappa shape index (κ2) is 25.7. The van der Waals surface area contributed by atoms with Gasteiger partial charge in [0, 0.05) is 114 Å². The fourth-order valence-electron chi connectivity index (χ4n) is 12.0. The quantitative estimate of drug-likeness (QED) is 0.0885. The maximum Gasteiger partial charge on any atom is 0.258 e. The van der Waals surface area contributed by atoms with Gasteiger partial charge in [0.25, 0.3) is 11.8 Å². The van der Waals surface area contributed by atoms with Gasteiger partial charge in [0.15, 0.2) is 0 Å². The predicted octanol–water partition coefficient (Wildman–Crippen LogP) is 16.2. The van der Waals surface area contributed by atoms with E-state index < -0.39 is 11.6 Å². The van der Waals surface area contributed by atoms with E-state index in [-0.39, 0.29) is 45.2 Å². The Bertz CT molecular complexity index is 3830. The first kappa shape index (κ1) is 59.3. The van der Waals surface area contributed by atoms with Crippen LogP contribution in [0.1, 0.15) is 85.6 Å². The number of likely N-dealkylation sites (tertiary alicyclic amines) is 2.